The monoisotopic (exact) mass is 130 g/mol. The van der Waals surface area contributed by atoms with Crippen LogP contribution in [-0.4, -0.2) is 38.4 Å². The molecule has 1 N–H and O–H groups in total. The molecule has 0 radical (unpaired) electrons. The summed E-state index contributed by atoms with van der Waals surface area (Å²) in [6, 6.07) is 0. The Morgan fingerprint density at radius 1 is 1.67 bits per heavy atom. The van der Waals surface area contributed by atoms with Crippen molar-refractivity contribution in [1.29, 1.82) is 0 Å². The maximum Gasteiger partial charge on any atom is 0.0603 e. The normalized spacial score (nSPS) is 21.0. The summed E-state index contributed by atoms with van der Waals surface area (Å²) < 4.78 is 4.92. The van der Waals surface area contributed by atoms with Crippen LogP contribution in [0.5, 0.6) is 0 Å². The first-order valence-corrected chi connectivity index (χ1v) is 3.41. The quantitative estimate of drug-likeness (QED) is 0.574. The van der Waals surface area contributed by atoms with Crippen molar-refractivity contribution in [2.24, 2.45) is 0 Å². The highest BCUT2D eigenvalue weighted by Crippen LogP contribution is 1.93. The molecule has 1 rings (SSSR count). The lowest BCUT2D eigenvalue weighted by Gasteiger charge is -2.13. The van der Waals surface area contributed by atoms with E-state index in [9.17, 15) is 0 Å². The molecule has 1 aliphatic heterocycles. The molecule has 0 spiro atoms. The predicted molar refractivity (Wildman–Crippen MR) is 36.1 cm³/mol. The molecule has 1 heterocycles. The van der Waals surface area contributed by atoms with Gasteiger partial charge >= 0.3 is 0 Å². The number of ether oxygens (including phenoxy) is 1. The van der Waals surface area contributed by atoms with Gasteiger partial charge in [0.05, 0.1) is 6.61 Å². The van der Waals surface area contributed by atoms with Gasteiger partial charge in [-0.1, -0.05) is 0 Å². The number of hydrogen-bond acceptors (Lipinski definition) is 3. The van der Waals surface area contributed by atoms with Crippen LogP contribution in [-0.2, 0) is 4.74 Å². The van der Waals surface area contributed by atoms with Crippen LogP contribution in [0.2, 0.25) is 0 Å². The van der Waals surface area contributed by atoms with Crippen molar-refractivity contribution in [3.63, 3.8) is 0 Å². The van der Waals surface area contributed by atoms with Crippen molar-refractivity contribution >= 4 is 0 Å². The molecule has 3 heteroatoms. The van der Waals surface area contributed by atoms with Gasteiger partial charge in [0.15, 0.2) is 0 Å². The summed E-state index contributed by atoms with van der Waals surface area (Å²) in [7, 11) is 1.73. The van der Waals surface area contributed by atoms with Crippen molar-refractivity contribution in [3.05, 3.63) is 0 Å². The molecule has 0 amide bonds. The summed E-state index contributed by atoms with van der Waals surface area (Å²) in [5.74, 6) is 0. The predicted octanol–water partition coefficient (Wildman–Crippen LogP) is -0.157. The van der Waals surface area contributed by atoms with E-state index in [0.717, 1.165) is 19.7 Å². The van der Waals surface area contributed by atoms with Gasteiger partial charge in [0.1, 0.15) is 0 Å². The molecule has 1 saturated heterocycles. The SMILES string of the molecule is COCCN1CCCN1. The van der Waals surface area contributed by atoms with Crippen molar-refractivity contribution < 1.29 is 4.74 Å². The first kappa shape index (κ1) is 6.99. The van der Waals surface area contributed by atoms with Gasteiger partial charge in [0.2, 0.25) is 0 Å². The highest BCUT2D eigenvalue weighted by molar-refractivity contribution is 4.60. The Balaban J connectivity index is 1.98. The third kappa shape index (κ3) is 2.30. The smallest absolute Gasteiger partial charge is 0.0603 e. The lowest BCUT2D eigenvalue weighted by Crippen LogP contribution is -2.33. The van der Waals surface area contributed by atoms with Crippen LogP contribution in [0.25, 0.3) is 0 Å². The minimum Gasteiger partial charge on any atom is -0.383 e. The van der Waals surface area contributed by atoms with E-state index in [-0.39, 0.29) is 0 Å². The van der Waals surface area contributed by atoms with E-state index in [1.807, 2.05) is 0 Å². The minimum absolute atomic E-state index is 0.826. The molecule has 0 saturated carbocycles. The first-order chi connectivity index (χ1) is 4.43. The Hall–Kier alpha value is -0.120. The fourth-order valence-corrected chi connectivity index (χ4v) is 0.978. The molecule has 0 atom stereocenters. The maximum atomic E-state index is 4.92. The lowest BCUT2D eigenvalue weighted by atomic mass is 10.5. The van der Waals surface area contributed by atoms with Gasteiger partial charge in [-0.3, -0.25) is 5.43 Å². The molecule has 3 nitrogen and oxygen atoms in total. The summed E-state index contributed by atoms with van der Waals surface area (Å²) in [6.07, 6.45) is 1.27. The Morgan fingerprint density at radius 3 is 3.11 bits per heavy atom. The van der Waals surface area contributed by atoms with E-state index >= 15 is 0 Å². The summed E-state index contributed by atoms with van der Waals surface area (Å²) in [5.41, 5.74) is 3.24. The third-order valence-electron chi connectivity index (χ3n) is 1.51. The minimum atomic E-state index is 0.826. The van der Waals surface area contributed by atoms with Crippen LogP contribution in [0.15, 0.2) is 0 Å². The van der Waals surface area contributed by atoms with E-state index < -0.39 is 0 Å². The second-order valence-electron chi connectivity index (χ2n) is 2.24. The Morgan fingerprint density at radius 2 is 2.56 bits per heavy atom. The summed E-state index contributed by atoms with van der Waals surface area (Å²) in [6.45, 7) is 4.14. The van der Waals surface area contributed by atoms with Gasteiger partial charge in [0, 0.05) is 26.7 Å². The molecule has 0 unspecified atom stereocenters. The van der Waals surface area contributed by atoms with Crippen LogP contribution in [0.3, 0.4) is 0 Å². The first-order valence-electron chi connectivity index (χ1n) is 3.41. The number of hydrazine groups is 1. The van der Waals surface area contributed by atoms with Crippen LogP contribution < -0.4 is 5.43 Å². The van der Waals surface area contributed by atoms with Crippen molar-refractivity contribution in [1.82, 2.24) is 10.4 Å². The van der Waals surface area contributed by atoms with E-state index in [1.54, 1.807) is 7.11 Å². The molecular weight excluding hydrogens is 116 g/mol. The van der Waals surface area contributed by atoms with Crippen molar-refractivity contribution in [3.8, 4) is 0 Å². The zero-order chi connectivity index (χ0) is 6.53. The highest BCUT2D eigenvalue weighted by atomic mass is 16.5. The van der Waals surface area contributed by atoms with Gasteiger partial charge in [-0.15, -0.1) is 0 Å². The number of nitrogens with one attached hydrogen (secondary N) is 1. The average molecular weight is 130 g/mol. The molecule has 0 aromatic heterocycles. The summed E-state index contributed by atoms with van der Waals surface area (Å²) >= 11 is 0. The number of hydrogen-bond donors (Lipinski definition) is 1. The number of nitrogens with zero attached hydrogens (tertiary/aromatic N) is 1. The molecular formula is C6H14N2O. The number of rotatable bonds is 3. The topological polar surface area (TPSA) is 24.5 Å². The van der Waals surface area contributed by atoms with Gasteiger partial charge in [-0.25, -0.2) is 5.01 Å². The van der Waals surface area contributed by atoms with E-state index in [4.69, 9.17) is 4.74 Å². The second-order valence-corrected chi connectivity index (χ2v) is 2.24. The summed E-state index contributed by atoms with van der Waals surface area (Å²) in [5, 5.41) is 2.20. The lowest BCUT2D eigenvalue weighted by molar-refractivity contribution is 0.139. The summed E-state index contributed by atoms with van der Waals surface area (Å²) in [4.78, 5) is 0. The maximum absolute atomic E-state index is 4.92. The van der Waals surface area contributed by atoms with Crippen LogP contribution in [0, 0.1) is 0 Å². The van der Waals surface area contributed by atoms with Gasteiger partial charge in [0.25, 0.3) is 0 Å². The largest absolute Gasteiger partial charge is 0.383 e. The van der Waals surface area contributed by atoms with Crippen LogP contribution in [0.1, 0.15) is 6.42 Å². The van der Waals surface area contributed by atoms with Gasteiger partial charge in [-0.05, 0) is 6.42 Å². The Kier molecular flexibility index (Phi) is 2.97. The van der Waals surface area contributed by atoms with Crippen molar-refractivity contribution in [2.75, 3.05) is 33.4 Å². The molecule has 54 valence electrons. The van der Waals surface area contributed by atoms with E-state index in [2.05, 4.69) is 10.4 Å². The van der Waals surface area contributed by atoms with Gasteiger partial charge < -0.3 is 4.74 Å². The number of methoxy groups -OCH3 is 1. The van der Waals surface area contributed by atoms with E-state index in [1.165, 1.54) is 13.0 Å². The molecule has 0 aromatic carbocycles. The molecule has 1 fully saturated rings. The molecule has 0 aromatic rings. The van der Waals surface area contributed by atoms with Crippen LogP contribution in [0.4, 0.5) is 0 Å². The van der Waals surface area contributed by atoms with Gasteiger partial charge in [-0.2, -0.15) is 0 Å². The molecule has 9 heavy (non-hydrogen) atoms. The van der Waals surface area contributed by atoms with Crippen molar-refractivity contribution in [2.45, 2.75) is 6.42 Å². The zero-order valence-electron chi connectivity index (χ0n) is 5.89. The average Bonchev–Trinajstić information content (AvgIpc) is 2.34. The second kappa shape index (κ2) is 3.82. The fraction of sp³-hybridized carbons (Fsp3) is 1.00. The van der Waals surface area contributed by atoms with E-state index in [0.29, 0.717) is 0 Å². The Bertz CT molecular complexity index is 71.5. The third-order valence-corrected chi connectivity index (χ3v) is 1.51. The molecule has 0 bridgehead atoms. The molecule has 0 aliphatic carbocycles. The standard InChI is InChI=1S/C6H14N2O/c1-9-6-5-8-4-2-3-7-8/h7H,2-6H2,1H3. The Labute approximate surface area is 56.0 Å². The fourth-order valence-electron chi connectivity index (χ4n) is 0.978. The van der Waals surface area contributed by atoms with Crippen LogP contribution >= 0.6 is 0 Å². The molecule has 1 aliphatic rings. The zero-order valence-corrected chi connectivity index (χ0v) is 5.89. The highest BCUT2D eigenvalue weighted by Gasteiger charge is 2.08.